The lowest BCUT2D eigenvalue weighted by molar-refractivity contribution is -0.0000117. The lowest BCUT2D eigenvalue weighted by Crippen LogP contribution is -3.00. The molecule has 1 N–H and O–H groups in total. The lowest BCUT2D eigenvalue weighted by Gasteiger charge is -2.35. The quantitative estimate of drug-likeness (QED) is 0.372. The average molecular weight is 517 g/mol. The molecular weight excluding hydrogens is 479 g/mol. The molecule has 0 heterocycles. The largest absolute Gasteiger partial charge is 1.00 e. The van der Waals surface area contributed by atoms with Gasteiger partial charge < -0.3 is 17.5 Å². The van der Waals surface area contributed by atoms with Gasteiger partial charge in [0.25, 0.3) is 0 Å². The molecule has 0 radical (unpaired) electrons. The number of halogens is 1. The highest BCUT2D eigenvalue weighted by molar-refractivity contribution is 7.95. The third-order valence-corrected chi connectivity index (χ3v) is 11.5. The van der Waals surface area contributed by atoms with E-state index >= 15 is 0 Å². The van der Waals surface area contributed by atoms with Crippen LogP contribution >= 0.6 is 7.26 Å². The van der Waals surface area contributed by atoms with Crippen LogP contribution in [0.15, 0.2) is 126 Å². The van der Waals surface area contributed by atoms with Crippen LogP contribution < -0.4 is 28.3 Å². The summed E-state index contributed by atoms with van der Waals surface area (Å²) in [5.74, 6) is 0. The van der Waals surface area contributed by atoms with Gasteiger partial charge in [-0.2, -0.15) is 0 Å². The van der Waals surface area contributed by atoms with Crippen molar-refractivity contribution >= 4 is 23.2 Å². The van der Waals surface area contributed by atoms with Gasteiger partial charge in [0, 0.05) is 0 Å². The van der Waals surface area contributed by atoms with Crippen molar-refractivity contribution in [3.63, 3.8) is 0 Å². The monoisotopic (exact) mass is 516 g/mol. The maximum atomic E-state index is 10.2. The van der Waals surface area contributed by atoms with Gasteiger partial charge in [-0.1, -0.05) is 91.7 Å². The SMILES string of the molecule is CC1=C(/C=C\C(C)=C/C[P+](c2ccccc2)(c2ccccc2)c2ccccc2)C(C)(C)CC(O)C1.[Cl-]. The van der Waals surface area contributed by atoms with Crippen molar-refractivity contribution in [3.05, 3.63) is 126 Å². The molecule has 3 aromatic rings. The van der Waals surface area contributed by atoms with Gasteiger partial charge in [0.05, 0.1) is 12.3 Å². The first-order valence-electron chi connectivity index (χ1n) is 12.6. The molecule has 0 aromatic heterocycles. The van der Waals surface area contributed by atoms with Gasteiger partial charge in [-0.15, -0.1) is 0 Å². The zero-order valence-electron chi connectivity index (χ0n) is 21.9. The highest BCUT2D eigenvalue weighted by Crippen LogP contribution is 2.55. The average Bonchev–Trinajstić information content (AvgIpc) is 2.85. The molecule has 3 aromatic carbocycles. The number of hydrogen-bond donors (Lipinski definition) is 1. The van der Waals surface area contributed by atoms with E-state index in [4.69, 9.17) is 0 Å². The van der Waals surface area contributed by atoms with Gasteiger partial charge in [0.1, 0.15) is 23.2 Å². The highest BCUT2D eigenvalue weighted by Gasteiger charge is 2.44. The topological polar surface area (TPSA) is 20.2 Å². The van der Waals surface area contributed by atoms with Crippen LogP contribution in [0.1, 0.15) is 40.5 Å². The number of aliphatic hydroxyl groups is 1. The van der Waals surface area contributed by atoms with Gasteiger partial charge in [-0.3, -0.25) is 0 Å². The van der Waals surface area contributed by atoms with Crippen molar-refractivity contribution in [2.45, 2.75) is 46.6 Å². The van der Waals surface area contributed by atoms with E-state index in [0.717, 1.165) is 19.0 Å². The van der Waals surface area contributed by atoms with Gasteiger partial charge in [-0.05, 0) is 80.2 Å². The van der Waals surface area contributed by atoms with Crippen molar-refractivity contribution in [2.75, 3.05) is 6.16 Å². The molecule has 0 fully saturated rings. The Morgan fingerprint density at radius 2 is 1.31 bits per heavy atom. The second-order valence-electron chi connectivity index (χ2n) is 10.4. The van der Waals surface area contributed by atoms with E-state index in [0.29, 0.717) is 0 Å². The molecule has 1 aliphatic carbocycles. The van der Waals surface area contributed by atoms with Gasteiger partial charge >= 0.3 is 0 Å². The second kappa shape index (κ2) is 12.2. The summed E-state index contributed by atoms with van der Waals surface area (Å²) in [5, 5.41) is 14.5. The Morgan fingerprint density at radius 1 is 0.861 bits per heavy atom. The Balaban J connectivity index is 0.00000361. The first-order valence-corrected chi connectivity index (χ1v) is 14.6. The molecule has 0 amide bonds. The van der Waals surface area contributed by atoms with Gasteiger partial charge in [0.2, 0.25) is 0 Å². The van der Waals surface area contributed by atoms with Crippen LogP contribution in [0.4, 0.5) is 0 Å². The summed E-state index contributed by atoms with van der Waals surface area (Å²) in [6, 6.07) is 33.1. The first kappa shape index (κ1) is 28.1. The minimum atomic E-state index is -1.86. The van der Waals surface area contributed by atoms with E-state index in [2.05, 4.69) is 137 Å². The first-order chi connectivity index (χ1) is 16.8. The molecule has 0 spiro atoms. The van der Waals surface area contributed by atoms with Crippen LogP contribution in [0.5, 0.6) is 0 Å². The minimum Gasteiger partial charge on any atom is -1.00 e. The second-order valence-corrected chi connectivity index (χ2v) is 14.0. The molecule has 0 saturated heterocycles. The molecule has 3 heteroatoms. The summed E-state index contributed by atoms with van der Waals surface area (Å²) in [6.45, 7) is 8.87. The molecule has 1 aliphatic rings. The number of hydrogen-bond acceptors (Lipinski definition) is 1. The van der Waals surface area contributed by atoms with Crippen molar-refractivity contribution < 1.29 is 17.5 Å². The molecule has 0 saturated carbocycles. The van der Waals surface area contributed by atoms with Crippen LogP contribution in [-0.4, -0.2) is 17.4 Å². The summed E-state index contributed by atoms with van der Waals surface area (Å²) < 4.78 is 0. The third kappa shape index (κ3) is 6.09. The predicted octanol–water partition coefficient (Wildman–Crippen LogP) is 3.98. The molecule has 1 atom stereocenters. The van der Waals surface area contributed by atoms with E-state index in [1.807, 2.05) is 0 Å². The van der Waals surface area contributed by atoms with Crippen LogP contribution in [0, 0.1) is 5.41 Å². The van der Waals surface area contributed by atoms with Gasteiger partial charge in [-0.25, -0.2) is 0 Å². The summed E-state index contributed by atoms with van der Waals surface area (Å²) in [4.78, 5) is 0. The molecule has 0 bridgehead atoms. The van der Waals surface area contributed by atoms with Crippen molar-refractivity contribution in [3.8, 4) is 0 Å². The number of benzene rings is 3. The molecule has 0 aliphatic heterocycles. The Bertz CT molecular complexity index is 1110. The Morgan fingerprint density at radius 3 is 1.72 bits per heavy atom. The zero-order chi connectivity index (χ0) is 24.9. The molecule has 188 valence electrons. The van der Waals surface area contributed by atoms with Crippen LogP contribution in [0.2, 0.25) is 0 Å². The summed E-state index contributed by atoms with van der Waals surface area (Å²) in [7, 11) is -1.86. The fraction of sp³-hybridized carbons (Fsp3) is 0.273. The summed E-state index contributed by atoms with van der Waals surface area (Å²) in [5.41, 5.74) is 3.94. The molecule has 1 nitrogen and oxygen atoms in total. The van der Waals surface area contributed by atoms with E-state index < -0.39 is 7.26 Å². The van der Waals surface area contributed by atoms with E-state index in [1.165, 1.54) is 32.6 Å². The van der Waals surface area contributed by atoms with E-state index in [9.17, 15) is 5.11 Å². The standard InChI is InChI=1S/C33H38OP.ClH/c1-26(20-21-32-27(2)24-28(34)25-33(32,3)4)22-23-35(29-14-8-5-9-15-29,30-16-10-6-11-17-30)31-18-12-7-13-19-31;/h5-22,28,34H,23-25H2,1-4H3;1H/q+1;/p-1/b21-20-,26-22-;. The third-order valence-electron chi connectivity index (χ3n) is 7.27. The van der Waals surface area contributed by atoms with Crippen molar-refractivity contribution in [1.82, 2.24) is 0 Å². The fourth-order valence-corrected chi connectivity index (χ4v) is 9.69. The maximum Gasteiger partial charge on any atom is 0.115 e. The normalized spacial score (nSPS) is 18.2. The van der Waals surface area contributed by atoms with E-state index in [-0.39, 0.29) is 23.9 Å². The molecule has 36 heavy (non-hydrogen) atoms. The minimum absolute atomic E-state index is 0. The fourth-order valence-electron chi connectivity index (χ4n) is 5.55. The summed E-state index contributed by atoms with van der Waals surface area (Å²) >= 11 is 0. The van der Waals surface area contributed by atoms with Crippen LogP contribution in [0.3, 0.4) is 0 Å². The lowest BCUT2D eigenvalue weighted by atomic mass is 9.71. The van der Waals surface area contributed by atoms with E-state index in [1.54, 1.807) is 0 Å². The Labute approximate surface area is 224 Å². The van der Waals surface area contributed by atoms with Crippen molar-refractivity contribution in [2.24, 2.45) is 5.41 Å². The Hall–Kier alpha value is -2.44. The summed E-state index contributed by atoms with van der Waals surface area (Å²) in [6.07, 6.45) is 9.33. The number of aliphatic hydroxyl groups excluding tert-OH is 1. The zero-order valence-corrected chi connectivity index (χ0v) is 23.5. The molecule has 1 unspecified atom stereocenters. The van der Waals surface area contributed by atoms with Crippen LogP contribution in [0.25, 0.3) is 0 Å². The number of allylic oxidation sites excluding steroid dienone is 5. The highest BCUT2D eigenvalue weighted by atomic mass is 35.5. The van der Waals surface area contributed by atoms with Crippen molar-refractivity contribution in [1.29, 1.82) is 0 Å². The maximum absolute atomic E-state index is 10.2. The predicted molar refractivity (Wildman–Crippen MR) is 155 cm³/mol. The molecule has 4 rings (SSSR count). The van der Waals surface area contributed by atoms with Crippen LogP contribution in [-0.2, 0) is 0 Å². The van der Waals surface area contributed by atoms with Gasteiger partial charge in [0.15, 0.2) is 0 Å². The Kier molecular flexibility index (Phi) is 9.53. The smallest absolute Gasteiger partial charge is 0.115 e. The molecular formula is C33H38ClOP. The number of rotatable bonds is 7.